The summed E-state index contributed by atoms with van der Waals surface area (Å²) < 4.78 is 5.44. The Balaban J connectivity index is 2.15. The maximum absolute atomic E-state index is 5.90. The van der Waals surface area contributed by atoms with Crippen molar-refractivity contribution in [2.45, 2.75) is 26.2 Å². The predicted molar refractivity (Wildman–Crippen MR) is 70.3 cm³/mol. The Labute approximate surface area is 107 Å². The molecule has 3 N–H and O–H groups in total. The second-order valence-electron chi connectivity index (χ2n) is 3.67. The van der Waals surface area contributed by atoms with Crippen molar-refractivity contribution in [2.75, 3.05) is 30.8 Å². The van der Waals surface area contributed by atoms with Gasteiger partial charge in [-0.25, -0.2) is 4.98 Å². The van der Waals surface area contributed by atoms with Gasteiger partial charge in [0.2, 0.25) is 5.95 Å². The summed E-state index contributed by atoms with van der Waals surface area (Å²) in [6, 6.07) is 0. The van der Waals surface area contributed by atoms with E-state index in [0.29, 0.717) is 10.8 Å². The Bertz CT molecular complexity index is 335. The molecule has 0 fully saturated rings. The van der Waals surface area contributed by atoms with Crippen LogP contribution in [0.15, 0.2) is 6.20 Å². The fourth-order valence-corrected chi connectivity index (χ4v) is 1.39. The van der Waals surface area contributed by atoms with Crippen LogP contribution < -0.4 is 11.1 Å². The van der Waals surface area contributed by atoms with Gasteiger partial charge < -0.3 is 15.8 Å². The molecule has 1 aromatic rings. The molecule has 0 unspecified atom stereocenters. The van der Waals surface area contributed by atoms with Crippen molar-refractivity contribution in [3.63, 3.8) is 0 Å². The van der Waals surface area contributed by atoms with E-state index in [1.807, 2.05) is 0 Å². The van der Waals surface area contributed by atoms with Gasteiger partial charge in [-0.2, -0.15) is 4.98 Å². The van der Waals surface area contributed by atoms with Gasteiger partial charge in [-0.1, -0.05) is 24.9 Å². The number of hydrogen-bond acceptors (Lipinski definition) is 5. The second kappa shape index (κ2) is 8.08. The molecule has 1 heterocycles. The maximum atomic E-state index is 5.90. The highest BCUT2D eigenvalue weighted by Gasteiger charge is 2.02. The fraction of sp³-hybridized carbons (Fsp3) is 0.636. The predicted octanol–water partition coefficient (Wildman–Crippen LogP) is 2.33. The van der Waals surface area contributed by atoms with Crippen molar-refractivity contribution in [3.8, 4) is 0 Å². The number of ether oxygens (including phenoxy) is 1. The van der Waals surface area contributed by atoms with E-state index in [4.69, 9.17) is 22.1 Å². The minimum absolute atomic E-state index is 0.219. The summed E-state index contributed by atoms with van der Waals surface area (Å²) >= 11 is 5.90. The van der Waals surface area contributed by atoms with E-state index in [9.17, 15) is 0 Å². The first kappa shape index (κ1) is 14.0. The van der Waals surface area contributed by atoms with Crippen LogP contribution >= 0.6 is 11.6 Å². The Kier molecular flexibility index (Phi) is 6.65. The van der Waals surface area contributed by atoms with Crippen LogP contribution in [0.5, 0.6) is 0 Å². The van der Waals surface area contributed by atoms with Crippen LogP contribution in [0.4, 0.5) is 11.8 Å². The van der Waals surface area contributed by atoms with Crippen LogP contribution in [0.25, 0.3) is 0 Å². The number of nitrogens with zero attached hydrogens (tertiary/aromatic N) is 2. The molecule has 0 aromatic carbocycles. The third-order valence-electron chi connectivity index (χ3n) is 2.16. The number of unbranched alkanes of at least 4 members (excludes halogenated alkanes) is 1. The van der Waals surface area contributed by atoms with Gasteiger partial charge in [0.25, 0.3) is 0 Å². The van der Waals surface area contributed by atoms with E-state index in [1.165, 1.54) is 6.20 Å². The molecule has 0 amide bonds. The average molecular weight is 259 g/mol. The summed E-state index contributed by atoms with van der Waals surface area (Å²) in [5.41, 5.74) is 5.47. The summed E-state index contributed by atoms with van der Waals surface area (Å²) in [6.07, 6.45) is 4.67. The van der Waals surface area contributed by atoms with E-state index >= 15 is 0 Å². The van der Waals surface area contributed by atoms with Crippen molar-refractivity contribution in [2.24, 2.45) is 0 Å². The molecule has 0 aliphatic heterocycles. The molecule has 0 saturated carbocycles. The second-order valence-corrected chi connectivity index (χ2v) is 4.08. The molecule has 0 spiro atoms. The van der Waals surface area contributed by atoms with E-state index in [1.54, 1.807) is 0 Å². The number of aromatic nitrogens is 2. The molecule has 6 heteroatoms. The topological polar surface area (TPSA) is 73.1 Å². The molecule has 1 rings (SSSR count). The summed E-state index contributed by atoms with van der Waals surface area (Å²) in [5.74, 6) is 0.795. The van der Waals surface area contributed by atoms with Gasteiger partial charge in [0, 0.05) is 19.8 Å². The number of nitrogens with two attached hydrogens (primary N) is 1. The zero-order valence-corrected chi connectivity index (χ0v) is 10.8. The number of anilines is 2. The van der Waals surface area contributed by atoms with E-state index in [0.717, 1.165) is 39.0 Å². The third kappa shape index (κ3) is 5.70. The van der Waals surface area contributed by atoms with E-state index < -0.39 is 0 Å². The van der Waals surface area contributed by atoms with Crippen LogP contribution in [-0.2, 0) is 4.74 Å². The SMILES string of the molecule is CCCCOCCCNc1nc(N)ncc1Cl. The monoisotopic (exact) mass is 258 g/mol. The molecule has 0 atom stereocenters. The number of nitrogens with one attached hydrogen (secondary N) is 1. The Hall–Kier alpha value is -1.07. The van der Waals surface area contributed by atoms with Crippen molar-refractivity contribution in [1.82, 2.24) is 9.97 Å². The third-order valence-corrected chi connectivity index (χ3v) is 2.44. The Morgan fingerprint density at radius 1 is 1.41 bits per heavy atom. The van der Waals surface area contributed by atoms with Gasteiger partial charge in [-0.15, -0.1) is 0 Å². The zero-order valence-electron chi connectivity index (χ0n) is 10.1. The largest absolute Gasteiger partial charge is 0.381 e. The Morgan fingerprint density at radius 2 is 2.18 bits per heavy atom. The van der Waals surface area contributed by atoms with Gasteiger partial charge in [-0.05, 0) is 12.8 Å². The van der Waals surface area contributed by atoms with Crippen molar-refractivity contribution in [1.29, 1.82) is 0 Å². The molecule has 1 aromatic heterocycles. The van der Waals surface area contributed by atoms with Crippen LogP contribution in [0.3, 0.4) is 0 Å². The van der Waals surface area contributed by atoms with Gasteiger partial charge in [0.15, 0.2) is 0 Å². The molecule has 96 valence electrons. The highest BCUT2D eigenvalue weighted by Crippen LogP contribution is 2.17. The number of halogens is 1. The minimum Gasteiger partial charge on any atom is -0.381 e. The van der Waals surface area contributed by atoms with Crippen LogP contribution in [0.1, 0.15) is 26.2 Å². The first-order chi connectivity index (χ1) is 8.24. The van der Waals surface area contributed by atoms with Crippen molar-refractivity contribution in [3.05, 3.63) is 11.2 Å². The van der Waals surface area contributed by atoms with Crippen LogP contribution in [0, 0.1) is 0 Å². The van der Waals surface area contributed by atoms with Gasteiger partial charge in [-0.3, -0.25) is 0 Å². The molecule has 0 saturated heterocycles. The molecule has 0 bridgehead atoms. The number of rotatable bonds is 8. The highest BCUT2D eigenvalue weighted by atomic mass is 35.5. The quantitative estimate of drug-likeness (QED) is 0.700. The van der Waals surface area contributed by atoms with Crippen LogP contribution in [-0.4, -0.2) is 29.7 Å². The smallest absolute Gasteiger partial charge is 0.222 e. The van der Waals surface area contributed by atoms with Gasteiger partial charge >= 0.3 is 0 Å². The number of hydrogen-bond donors (Lipinski definition) is 2. The fourth-order valence-electron chi connectivity index (χ4n) is 1.23. The summed E-state index contributed by atoms with van der Waals surface area (Å²) in [5, 5.41) is 3.58. The summed E-state index contributed by atoms with van der Waals surface area (Å²) in [7, 11) is 0. The lowest BCUT2D eigenvalue weighted by molar-refractivity contribution is 0.131. The highest BCUT2D eigenvalue weighted by molar-refractivity contribution is 6.32. The lowest BCUT2D eigenvalue weighted by atomic mass is 10.3. The molecule has 0 radical (unpaired) electrons. The van der Waals surface area contributed by atoms with Gasteiger partial charge in [0.1, 0.15) is 10.8 Å². The van der Waals surface area contributed by atoms with E-state index in [2.05, 4.69) is 22.2 Å². The normalized spacial score (nSPS) is 10.5. The maximum Gasteiger partial charge on any atom is 0.222 e. The summed E-state index contributed by atoms with van der Waals surface area (Å²) in [4.78, 5) is 7.79. The standard InChI is InChI=1S/C11H19ClN4O/c1-2-3-6-17-7-4-5-14-10-9(12)8-15-11(13)16-10/h8H,2-7H2,1H3,(H3,13,14,15,16). The van der Waals surface area contributed by atoms with Gasteiger partial charge in [0.05, 0.1) is 6.20 Å². The van der Waals surface area contributed by atoms with Crippen molar-refractivity contribution < 1.29 is 4.74 Å². The molecule has 0 aliphatic carbocycles. The lowest BCUT2D eigenvalue weighted by Gasteiger charge is -2.07. The molecular weight excluding hydrogens is 240 g/mol. The Morgan fingerprint density at radius 3 is 2.94 bits per heavy atom. The van der Waals surface area contributed by atoms with E-state index in [-0.39, 0.29) is 5.95 Å². The lowest BCUT2D eigenvalue weighted by Crippen LogP contribution is -2.09. The molecule has 0 aliphatic rings. The molecular formula is C11H19ClN4O. The number of nitrogen functional groups attached to an aromatic ring is 1. The first-order valence-electron chi connectivity index (χ1n) is 5.83. The van der Waals surface area contributed by atoms with Crippen molar-refractivity contribution >= 4 is 23.4 Å². The zero-order chi connectivity index (χ0) is 12.5. The first-order valence-corrected chi connectivity index (χ1v) is 6.21. The average Bonchev–Trinajstić information content (AvgIpc) is 2.32. The molecule has 17 heavy (non-hydrogen) atoms. The minimum atomic E-state index is 0.219. The summed E-state index contributed by atoms with van der Waals surface area (Å²) in [6.45, 7) is 4.47. The molecule has 5 nitrogen and oxygen atoms in total. The van der Waals surface area contributed by atoms with Crippen LogP contribution in [0.2, 0.25) is 5.02 Å².